The molecule has 2 N–H and O–H groups in total. The molecule has 0 unspecified atom stereocenters. The van der Waals surface area contributed by atoms with Crippen molar-refractivity contribution in [1.82, 2.24) is 10.1 Å². The summed E-state index contributed by atoms with van der Waals surface area (Å²) in [6.45, 7) is 1.84. The number of amides is 2. The van der Waals surface area contributed by atoms with Crippen LogP contribution in [0.3, 0.4) is 0 Å². The van der Waals surface area contributed by atoms with Gasteiger partial charge in [-0.15, -0.1) is 0 Å². The van der Waals surface area contributed by atoms with Crippen molar-refractivity contribution < 1.29 is 49.9 Å². The number of imide groups is 1. The largest absolute Gasteiger partial charge is 0.534 e. The van der Waals surface area contributed by atoms with Gasteiger partial charge in [-0.1, -0.05) is 12.1 Å². The highest BCUT2D eigenvalue weighted by Gasteiger charge is 2.50. The number of hydrogen-bond acceptors (Lipinski definition) is 9. The van der Waals surface area contributed by atoms with Gasteiger partial charge in [-0.25, -0.2) is 0 Å². The zero-order valence-electron chi connectivity index (χ0n) is 20.0. The van der Waals surface area contributed by atoms with E-state index in [4.69, 9.17) is 9.47 Å². The van der Waals surface area contributed by atoms with E-state index in [0.717, 1.165) is 17.0 Å². The lowest BCUT2D eigenvalue weighted by Gasteiger charge is -2.27. The molecule has 0 saturated heterocycles. The standard InChI is InChI=1S/C22H24BF3N2O8S/c1-23(31)27-11-5-7-15(13-9-10-16(34-2)18(12-13)35-3)28-20(29)14-6-4-8-17(19(14)21(28)30)36-37(32,33)22(24,25)26/h4,6,8-10,12,15,27,31H,5,7,11H2,1-3H3/t15-/m1/s1. The predicted molar refractivity (Wildman–Crippen MR) is 126 cm³/mol. The summed E-state index contributed by atoms with van der Waals surface area (Å²) in [4.78, 5) is 27.6. The third-order valence-electron chi connectivity index (χ3n) is 5.59. The molecule has 2 amide bonds. The SMILES string of the molecule is COc1ccc([C@@H](CCCNB(C)O)N2C(=O)c3cccc(OS(=O)(=O)C(F)(F)F)c3C2=O)cc1OC. The molecule has 0 aliphatic carbocycles. The first-order valence-corrected chi connectivity index (χ1v) is 12.4. The molecule has 1 aliphatic rings. The van der Waals surface area contributed by atoms with Gasteiger partial charge in [0.25, 0.3) is 11.8 Å². The fraction of sp³-hybridized carbons (Fsp3) is 0.364. The summed E-state index contributed by atoms with van der Waals surface area (Å²) in [5.41, 5.74) is -6.17. The maximum atomic E-state index is 13.4. The number of methoxy groups -OCH3 is 2. The highest BCUT2D eigenvalue weighted by atomic mass is 32.2. The molecule has 15 heteroatoms. The van der Waals surface area contributed by atoms with Crippen molar-refractivity contribution in [1.29, 1.82) is 0 Å². The summed E-state index contributed by atoms with van der Waals surface area (Å²) in [5, 5.41) is 12.3. The molecule has 1 aliphatic heterocycles. The summed E-state index contributed by atoms with van der Waals surface area (Å²) in [7, 11) is -4.06. The van der Waals surface area contributed by atoms with E-state index >= 15 is 0 Å². The van der Waals surface area contributed by atoms with Crippen molar-refractivity contribution in [3.63, 3.8) is 0 Å². The molecule has 37 heavy (non-hydrogen) atoms. The van der Waals surface area contributed by atoms with Crippen LogP contribution in [0.25, 0.3) is 0 Å². The van der Waals surface area contributed by atoms with Crippen LogP contribution in [0.15, 0.2) is 36.4 Å². The second-order valence-electron chi connectivity index (χ2n) is 8.04. The quantitative estimate of drug-likeness (QED) is 0.144. The fourth-order valence-corrected chi connectivity index (χ4v) is 4.37. The summed E-state index contributed by atoms with van der Waals surface area (Å²) in [6, 6.07) is 6.99. The Morgan fingerprint density at radius 2 is 1.73 bits per heavy atom. The Morgan fingerprint density at radius 3 is 2.32 bits per heavy atom. The number of nitrogens with one attached hydrogen (secondary N) is 1. The molecule has 1 heterocycles. The van der Waals surface area contributed by atoms with Crippen molar-refractivity contribution in [2.75, 3.05) is 20.8 Å². The number of halogens is 3. The molecule has 0 saturated carbocycles. The maximum absolute atomic E-state index is 13.4. The number of benzene rings is 2. The van der Waals surface area contributed by atoms with Gasteiger partial charge in [0.05, 0.1) is 31.4 Å². The van der Waals surface area contributed by atoms with Crippen molar-refractivity contribution in [3.05, 3.63) is 53.1 Å². The van der Waals surface area contributed by atoms with Gasteiger partial charge in [0.2, 0.25) is 0 Å². The van der Waals surface area contributed by atoms with Crippen LogP contribution in [0, 0.1) is 0 Å². The van der Waals surface area contributed by atoms with E-state index in [1.165, 1.54) is 27.1 Å². The molecule has 0 radical (unpaired) electrons. The topological polar surface area (TPSA) is 131 Å². The van der Waals surface area contributed by atoms with Gasteiger partial charge in [-0.3, -0.25) is 14.5 Å². The van der Waals surface area contributed by atoms with E-state index in [1.54, 1.807) is 18.2 Å². The zero-order chi connectivity index (χ0) is 27.5. The van der Waals surface area contributed by atoms with E-state index in [9.17, 15) is 36.2 Å². The summed E-state index contributed by atoms with van der Waals surface area (Å²) < 4.78 is 76.7. The first-order chi connectivity index (χ1) is 17.3. The first-order valence-electron chi connectivity index (χ1n) is 11.0. The van der Waals surface area contributed by atoms with Crippen LogP contribution in [0.5, 0.6) is 17.2 Å². The molecule has 10 nitrogen and oxygen atoms in total. The molecular weight excluding hydrogens is 520 g/mol. The van der Waals surface area contributed by atoms with Crippen LogP contribution in [0.1, 0.15) is 45.2 Å². The van der Waals surface area contributed by atoms with Crippen LogP contribution >= 0.6 is 0 Å². The van der Waals surface area contributed by atoms with Crippen molar-refractivity contribution in [2.45, 2.75) is 31.2 Å². The van der Waals surface area contributed by atoms with E-state index in [1.807, 2.05) is 0 Å². The van der Waals surface area contributed by atoms with E-state index in [2.05, 4.69) is 9.41 Å². The minimum absolute atomic E-state index is 0.192. The number of hydrogen-bond donors (Lipinski definition) is 2. The van der Waals surface area contributed by atoms with E-state index < -0.39 is 51.8 Å². The van der Waals surface area contributed by atoms with Crippen LogP contribution in [-0.2, 0) is 10.1 Å². The zero-order valence-corrected chi connectivity index (χ0v) is 20.9. The van der Waals surface area contributed by atoms with Gasteiger partial charge in [-0.05, 0) is 56.0 Å². The second-order valence-corrected chi connectivity index (χ2v) is 9.58. The Morgan fingerprint density at radius 1 is 1.05 bits per heavy atom. The van der Waals surface area contributed by atoms with Gasteiger partial charge < -0.3 is 23.9 Å². The van der Waals surface area contributed by atoms with Crippen molar-refractivity contribution >= 4 is 29.0 Å². The Kier molecular flexibility index (Phi) is 8.40. The maximum Gasteiger partial charge on any atom is 0.534 e. The monoisotopic (exact) mass is 544 g/mol. The summed E-state index contributed by atoms with van der Waals surface area (Å²) in [6.07, 6.45) is 0.570. The molecule has 1 atom stereocenters. The number of rotatable bonds is 11. The molecule has 0 fully saturated rings. The fourth-order valence-electron chi connectivity index (χ4n) is 3.90. The molecule has 0 aromatic heterocycles. The minimum Gasteiger partial charge on any atom is -0.493 e. The Labute approximate surface area is 211 Å². The normalized spacial score (nSPS) is 14.4. The Balaban J connectivity index is 2.04. The number of ether oxygens (including phenoxy) is 2. The average Bonchev–Trinajstić information content (AvgIpc) is 3.08. The minimum atomic E-state index is -6.09. The first kappa shape index (κ1) is 28.3. The number of nitrogens with zero attached hydrogens (tertiary/aromatic N) is 1. The molecule has 2 aromatic carbocycles. The van der Waals surface area contributed by atoms with Gasteiger partial charge in [0.15, 0.2) is 17.2 Å². The van der Waals surface area contributed by atoms with Crippen LogP contribution < -0.4 is 18.9 Å². The third-order valence-corrected chi connectivity index (χ3v) is 6.56. The van der Waals surface area contributed by atoms with Gasteiger partial charge in [-0.2, -0.15) is 21.6 Å². The Bertz CT molecular complexity index is 1290. The number of carbonyl (C=O) groups is 2. The molecular formula is C22H24BF3N2O8S. The van der Waals surface area contributed by atoms with Crippen LogP contribution in [0.4, 0.5) is 13.2 Å². The molecule has 0 bridgehead atoms. The van der Waals surface area contributed by atoms with Crippen molar-refractivity contribution in [2.24, 2.45) is 0 Å². The van der Waals surface area contributed by atoms with Crippen LogP contribution in [0.2, 0.25) is 6.82 Å². The average molecular weight is 544 g/mol. The van der Waals surface area contributed by atoms with Crippen molar-refractivity contribution in [3.8, 4) is 17.2 Å². The lowest BCUT2D eigenvalue weighted by molar-refractivity contribution is -0.0500. The number of carbonyl (C=O) groups excluding carboxylic acids is 2. The van der Waals surface area contributed by atoms with E-state index in [0.29, 0.717) is 30.0 Å². The van der Waals surface area contributed by atoms with Gasteiger partial charge in [0, 0.05) is 0 Å². The Hall–Kier alpha value is -3.30. The molecule has 200 valence electrons. The summed E-state index contributed by atoms with van der Waals surface area (Å²) in [5.74, 6) is -2.06. The highest BCUT2D eigenvalue weighted by molar-refractivity contribution is 7.88. The van der Waals surface area contributed by atoms with Crippen LogP contribution in [-0.4, -0.2) is 63.5 Å². The highest BCUT2D eigenvalue weighted by Crippen LogP contribution is 2.41. The number of fused-ring (bicyclic) bond motifs is 1. The third kappa shape index (κ3) is 5.83. The van der Waals surface area contributed by atoms with E-state index in [-0.39, 0.29) is 12.0 Å². The lowest BCUT2D eigenvalue weighted by atomic mass is 9.88. The predicted octanol–water partition coefficient (Wildman–Crippen LogP) is 2.75. The molecule has 2 aromatic rings. The second kappa shape index (κ2) is 11.0. The number of alkyl halides is 3. The lowest BCUT2D eigenvalue weighted by Crippen LogP contribution is -2.36. The molecule has 3 rings (SSSR count). The summed E-state index contributed by atoms with van der Waals surface area (Å²) >= 11 is 0. The smallest absolute Gasteiger partial charge is 0.493 e. The van der Waals surface area contributed by atoms with Gasteiger partial charge in [0.1, 0.15) is 0 Å². The van der Waals surface area contributed by atoms with Gasteiger partial charge >= 0.3 is 22.7 Å². The molecule has 0 spiro atoms.